The Balaban J connectivity index is 1.98. The van der Waals surface area contributed by atoms with E-state index in [0.29, 0.717) is 10.6 Å². The van der Waals surface area contributed by atoms with Gasteiger partial charge in [0.25, 0.3) is 0 Å². The number of anilines is 1. The Labute approximate surface area is 118 Å². The van der Waals surface area contributed by atoms with Crippen molar-refractivity contribution in [3.8, 4) is 0 Å². The summed E-state index contributed by atoms with van der Waals surface area (Å²) in [5.41, 5.74) is 0.398. The van der Waals surface area contributed by atoms with Gasteiger partial charge in [-0.05, 0) is 24.5 Å². The molecule has 3 nitrogen and oxygen atoms in total. The zero-order valence-corrected chi connectivity index (χ0v) is 12.6. The van der Waals surface area contributed by atoms with E-state index < -0.39 is 0 Å². The summed E-state index contributed by atoms with van der Waals surface area (Å²) in [6, 6.07) is 1.80. The molecule has 1 saturated carbocycles. The predicted molar refractivity (Wildman–Crippen MR) is 78.5 cm³/mol. The van der Waals surface area contributed by atoms with Crippen molar-refractivity contribution in [1.29, 1.82) is 0 Å². The van der Waals surface area contributed by atoms with Gasteiger partial charge >= 0.3 is 0 Å². The predicted octanol–water partition coefficient (Wildman–Crippen LogP) is 4.23. The normalized spacial score (nSPS) is 18.6. The highest BCUT2D eigenvalue weighted by Gasteiger charge is 2.26. The molecule has 0 aliphatic heterocycles. The molecule has 0 unspecified atom stereocenters. The molecule has 1 aromatic rings. The number of aromatic nitrogens is 2. The van der Waals surface area contributed by atoms with Gasteiger partial charge in [-0.15, -0.1) is 0 Å². The van der Waals surface area contributed by atoms with Crippen molar-refractivity contribution >= 4 is 29.2 Å². The highest BCUT2D eigenvalue weighted by Crippen LogP contribution is 2.35. The van der Waals surface area contributed by atoms with Gasteiger partial charge in [0.05, 0.1) is 0 Å². The average Bonchev–Trinajstić information content (AvgIpc) is 2.37. The third kappa shape index (κ3) is 3.75. The monoisotopic (exact) mass is 285 g/mol. The molecule has 1 heterocycles. The van der Waals surface area contributed by atoms with Crippen molar-refractivity contribution in [2.24, 2.45) is 5.41 Å². The fourth-order valence-electron chi connectivity index (χ4n) is 2.46. The van der Waals surface area contributed by atoms with Gasteiger partial charge in [0.2, 0.25) is 0 Å². The van der Waals surface area contributed by atoms with Gasteiger partial charge in [-0.3, -0.25) is 0 Å². The van der Waals surface area contributed by atoms with Crippen LogP contribution >= 0.6 is 23.4 Å². The van der Waals surface area contributed by atoms with E-state index >= 15 is 0 Å². The molecular formula is C13H20ClN3S. The van der Waals surface area contributed by atoms with E-state index in [-0.39, 0.29) is 0 Å². The Morgan fingerprint density at radius 3 is 2.72 bits per heavy atom. The highest BCUT2D eigenvalue weighted by molar-refractivity contribution is 7.98. The second kappa shape index (κ2) is 6.11. The number of halogens is 1. The molecule has 1 aliphatic rings. The van der Waals surface area contributed by atoms with E-state index in [1.165, 1.54) is 43.9 Å². The molecule has 1 aromatic heterocycles. The molecule has 1 aliphatic carbocycles. The Kier molecular flexibility index (Phi) is 4.73. The van der Waals surface area contributed by atoms with Gasteiger partial charge in [0, 0.05) is 12.6 Å². The second-order valence-electron chi connectivity index (χ2n) is 5.29. The Bertz CT molecular complexity index is 405. The summed E-state index contributed by atoms with van der Waals surface area (Å²) in [6.45, 7) is 3.33. The van der Waals surface area contributed by atoms with Crippen LogP contribution in [0, 0.1) is 5.41 Å². The van der Waals surface area contributed by atoms with E-state index in [9.17, 15) is 0 Å². The van der Waals surface area contributed by atoms with Gasteiger partial charge in [0.1, 0.15) is 11.0 Å². The first kappa shape index (κ1) is 13.9. The van der Waals surface area contributed by atoms with Crippen molar-refractivity contribution in [3.63, 3.8) is 0 Å². The van der Waals surface area contributed by atoms with Crippen LogP contribution in [0.3, 0.4) is 0 Å². The third-order valence-electron chi connectivity index (χ3n) is 3.61. The van der Waals surface area contributed by atoms with Crippen LogP contribution in [0.4, 0.5) is 5.82 Å². The molecule has 1 N–H and O–H groups in total. The number of hydrogen-bond donors (Lipinski definition) is 1. The van der Waals surface area contributed by atoms with Crippen molar-refractivity contribution in [3.05, 3.63) is 11.2 Å². The second-order valence-corrected chi connectivity index (χ2v) is 6.45. The SMILES string of the molecule is CSc1nc(Cl)cc(NCC2(C)CCCCC2)n1. The molecule has 1 fully saturated rings. The molecule has 0 aromatic carbocycles. The standard InChI is InChI=1S/C13H20ClN3S/c1-13(6-4-3-5-7-13)9-15-11-8-10(14)16-12(17-11)18-2/h8H,3-7,9H2,1-2H3,(H,15,16,17). The van der Waals surface area contributed by atoms with Gasteiger partial charge in [-0.2, -0.15) is 0 Å². The first-order valence-corrected chi connectivity index (χ1v) is 8.04. The minimum atomic E-state index is 0.398. The van der Waals surface area contributed by atoms with E-state index in [0.717, 1.165) is 17.5 Å². The maximum absolute atomic E-state index is 5.98. The molecule has 18 heavy (non-hydrogen) atoms. The molecule has 2 rings (SSSR count). The zero-order valence-electron chi connectivity index (χ0n) is 11.0. The summed E-state index contributed by atoms with van der Waals surface area (Å²) < 4.78 is 0. The smallest absolute Gasteiger partial charge is 0.190 e. The van der Waals surface area contributed by atoms with Gasteiger partial charge in [-0.25, -0.2) is 9.97 Å². The first-order chi connectivity index (χ1) is 8.61. The quantitative estimate of drug-likeness (QED) is 0.510. The van der Waals surface area contributed by atoms with Crippen molar-refractivity contribution in [2.45, 2.75) is 44.2 Å². The number of nitrogens with zero attached hydrogens (tertiary/aromatic N) is 2. The summed E-state index contributed by atoms with van der Waals surface area (Å²) >= 11 is 7.49. The average molecular weight is 286 g/mol. The molecule has 0 bridgehead atoms. The first-order valence-electron chi connectivity index (χ1n) is 6.44. The lowest BCUT2D eigenvalue weighted by molar-refractivity contribution is 0.233. The fraction of sp³-hybridized carbons (Fsp3) is 0.692. The summed E-state index contributed by atoms with van der Waals surface area (Å²) in [6.07, 6.45) is 8.63. The van der Waals surface area contributed by atoms with Gasteiger partial charge in [0.15, 0.2) is 5.16 Å². The van der Waals surface area contributed by atoms with Crippen LogP contribution in [0.5, 0.6) is 0 Å². The lowest BCUT2D eigenvalue weighted by Gasteiger charge is -2.33. The lowest BCUT2D eigenvalue weighted by atomic mass is 9.76. The van der Waals surface area contributed by atoms with Crippen LogP contribution in [0.25, 0.3) is 0 Å². The van der Waals surface area contributed by atoms with Crippen LogP contribution < -0.4 is 5.32 Å². The van der Waals surface area contributed by atoms with E-state index in [1.807, 2.05) is 6.26 Å². The minimum Gasteiger partial charge on any atom is -0.369 e. The number of rotatable bonds is 4. The maximum Gasteiger partial charge on any atom is 0.190 e. The minimum absolute atomic E-state index is 0.398. The summed E-state index contributed by atoms with van der Waals surface area (Å²) in [5.74, 6) is 0.839. The number of nitrogens with one attached hydrogen (secondary N) is 1. The van der Waals surface area contributed by atoms with Crippen molar-refractivity contribution in [2.75, 3.05) is 18.1 Å². The van der Waals surface area contributed by atoms with Crippen molar-refractivity contribution in [1.82, 2.24) is 9.97 Å². The Morgan fingerprint density at radius 1 is 1.33 bits per heavy atom. The Morgan fingerprint density at radius 2 is 2.06 bits per heavy atom. The Hall–Kier alpha value is -0.480. The van der Waals surface area contributed by atoms with E-state index in [2.05, 4.69) is 22.2 Å². The summed E-state index contributed by atoms with van der Waals surface area (Å²) in [4.78, 5) is 8.57. The molecule has 0 radical (unpaired) electrons. The number of hydrogen-bond acceptors (Lipinski definition) is 4. The summed E-state index contributed by atoms with van der Waals surface area (Å²) in [5, 5.41) is 4.65. The zero-order chi connectivity index (χ0) is 13.0. The molecular weight excluding hydrogens is 266 g/mol. The van der Waals surface area contributed by atoms with Crippen LogP contribution in [0.15, 0.2) is 11.2 Å². The third-order valence-corrected chi connectivity index (χ3v) is 4.36. The van der Waals surface area contributed by atoms with Crippen LogP contribution in [0.2, 0.25) is 5.15 Å². The van der Waals surface area contributed by atoms with Crippen molar-refractivity contribution < 1.29 is 0 Å². The molecule has 100 valence electrons. The molecule has 0 atom stereocenters. The van der Waals surface area contributed by atoms with Crippen LogP contribution in [0.1, 0.15) is 39.0 Å². The largest absolute Gasteiger partial charge is 0.369 e. The fourth-order valence-corrected chi connectivity index (χ4v) is 3.08. The maximum atomic E-state index is 5.98. The molecule has 0 saturated heterocycles. The highest BCUT2D eigenvalue weighted by atomic mass is 35.5. The van der Waals surface area contributed by atoms with Crippen LogP contribution in [-0.2, 0) is 0 Å². The van der Waals surface area contributed by atoms with Gasteiger partial charge < -0.3 is 5.32 Å². The number of thioether (sulfide) groups is 1. The van der Waals surface area contributed by atoms with Gasteiger partial charge in [-0.1, -0.05) is 49.5 Å². The molecule has 5 heteroatoms. The lowest BCUT2D eigenvalue weighted by Crippen LogP contribution is -2.29. The topological polar surface area (TPSA) is 37.8 Å². The molecule has 0 amide bonds. The van der Waals surface area contributed by atoms with E-state index in [4.69, 9.17) is 11.6 Å². The van der Waals surface area contributed by atoms with E-state index in [1.54, 1.807) is 6.07 Å². The summed E-state index contributed by atoms with van der Waals surface area (Å²) in [7, 11) is 0. The molecule has 0 spiro atoms. The van der Waals surface area contributed by atoms with Crippen LogP contribution in [-0.4, -0.2) is 22.8 Å².